The first kappa shape index (κ1) is 37.3. The van der Waals surface area contributed by atoms with Crippen LogP contribution < -0.4 is 0 Å². The minimum absolute atomic E-state index is 0.0606. The van der Waals surface area contributed by atoms with E-state index in [4.69, 9.17) is 4.74 Å². The molecule has 2 N–H and O–H groups in total. The SMILES string of the molecule is C=C1CC[C@@]2(C=C(N(C)[C@@H](Cc3ccc(O)cc3)[C@H](O)CCC=C[C@H](C)C[C@H](C)CC)C(=O)O2)C[C@@H]1[C@@H](C)C(=O)CCC=C(C)C. The van der Waals surface area contributed by atoms with Gasteiger partial charge in [-0.25, -0.2) is 4.79 Å². The molecular weight excluding hydrogens is 574 g/mol. The largest absolute Gasteiger partial charge is 0.508 e. The van der Waals surface area contributed by atoms with Crippen molar-refractivity contribution >= 4 is 11.8 Å². The molecule has 0 radical (unpaired) electrons. The first-order valence-corrected chi connectivity index (χ1v) is 17.4. The zero-order chi connectivity index (χ0) is 34.0. The molecule has 46 heavy (non-hydrogen) atoms. The van der Waals surface area contributed by atoms with Gasteiger partial charge in [0.05, 0.1) is 12.1 Å². The summed E-state index contributed by atoms with van der Waals surface area (Å²) in [6, 6.07) is 6.63. The molecule has 0 saturated heterocycles. The minimum Gasteiger partial charge on any atom is -0.508 e. The highest BCUT2D eigenvalue weighted by molar-refractivity contribution is 5.91. The molecule has 1 aromatic rings. The molecule has 1 saturated carbocycles. The standard InChI is InChI=1S/C40H59NO5/c1-9-28(4)23-29(5)14-10-11-15-38(44)35(24-32-17-19-33(42)20-18-32)41(8)36-26-40(46-39(36)45)22-21-30(6)34(25-40)31(7)37(43)16-12-13-27(2)3/h10,13-14,17-20,26,28-29,31,34-35,38,42,44H,6,9,11-12,15-16,21-25H2,1-5,7-8H3/t28-,29+,31-,34+,35+,38-,40+/m1/s1. The van der Waals surface area contributed by atoms with E-state index in [2.05, 4.69) is 45.6 Å². The van der Waals surface area contributed by atoms with E-state index in [1.807, 2.05) is 50.9 Å². The monoisotopic (exact) mass is 633 g/mol. The number of carbonyl (C=O) groups excluding carboxylic acids is 2. The molecule has 0 aromatic heterocycles. The van der Waals surface area contributed by atoms with Crippen molar-refractivity contribution in [3.8, 4) is 5.75 Å². The van der Waals surface area contributed by atoms with Gasteiger partial charge in [-0.3, -0.25) is 4.79 Å². The predicted molar refractivity (Wildman–Crippen MR) is 187 cm³/mol. The maximum atomic E-state index is 13.5. The van der Waals surface area contributed by atoms with E-state index in [0.717, 1.165) is 30.4 Å². The van der Waals surface area contributed by atoms with Crippen LogP contribution in [-0.2, 0) is 20.7 Å². The van der Waals surface area contributed by atoms with Crippen LogP contribution in [0, 0.1) is 23.7 Å². The Morgan fingerprint density at radius 3 is 2.52 bits per heavy atom. The van der Waals surface area contributed by atoms with E-state index in [0.29, 0.717) is 56.1 Å². The number of allylic oxidation sites excluding steroid dienone is 5. The van der Waals surface area contributed by atoms with Crippen molar-refractivity contribution in [1.29, 1.82) is 0 Å². The molecule has 7 atom stereocenters. The van der Waals surface area contributed by atoms with Crippen LogP contribution in [0.15, 0.2) is 72.0 Å². The zero-order valence-electron chi connectivity index (χ0n) is 29.4. The minimum atomic E-state index is -0.788. The van der Waals surface area contributed by atoms with Gasteiger partial charge < -0.3 is 19.8 Å². The number of nitrogens with zero attached hydrogens (tertiary/aromatic N) is 1. The molecule has 3 rings (SSSR count). The third-order valence-electron chi connectivity index (χ3n) is 10.2. The Kier molecular flexibility index (Phi) is 13.9. The number of ketones is 1. The van der Waals surface area contributed by atoms with Gasteiger partial charge in [0.1, 0.15) is 22.8 Å². The quantitative estimate of drug-likeness (QED) is 0.132. The van der Waals surface area contributed by atoms with Crippen molar-refractivity contribution in [3.05, 3.63) is 77.6 Å². The second-order valence-corrected chi connectivity index (χ2v) is 14.4. The third kappa shape index (κ3) is 10.4. The number of rotatable bonds is 17. The first-order valence-electron chi connectivity index (χ1n) is 17.4. The zero-order valence-corrected chi connectivity index (χ0v) is 29.4. The molecule has 0 bridgehead atoms. The van der Waals surface area contributed by atoms with Crippen LogP contribution in [0.25, 0.3) is 0 Å². The number of ether oxygens (including phenoxy) is 1. The van der Waals surface area contributed by atoms with Gasteiger partial charge in [0, 0.05) is 19.4 Å². The van der Waals surface area contributed by atoms with Crippen LogP contribution in [0.5, 0.6) is 5.75 Å². The average Bonchev–Trinajstić information content (AvgIpc) is 3.34. The summed E-state index contributed by atoms with van der Waals surface area (Å²) in [4.78, 5) is 28.5. The van der Waals surface area contributed by atoms with Crippen LogP contribution in [0.3, 0.4) is 0 Å². The predicted octanol–water partition coefficient (Wildman–Crippen LogP) is 8.49. The van der Waals surface area contributed by atoms with Crippen LogP contribution in [-0.4, -0.2) is 51.7 Å². The van der Waals surface area contributed by atoms with Crippen molar-refractivity contribution < 1.29 is 24.5 Å². The molecule has 1 aliphatic carbocycles. The lowest BCUT2D eigenvalue weighted by Gasteiger charge is -2.39. The van der Waals surface area contributed by atoms with Crippen molar-refractivity contribution in [1.82, 2.24) is 4.90 Å². The molecule has 1 heterocycles. The molecule has 6 nitrogen and oxygen atoms in total. The first-order chi connectivity index (χ1) is 21.7. The van der Waals surface area contributed by atoms with Crippen molar-refractivity contribution in [3.63, 3.8) is 0 Å². The van der Waals surface area contributed by atoms with E-state index in [9.17, 15) is 19.8 Å². The van der Waals surface area contributed by atoms with Gasteiger partial charge in [-0.05, 0) is 107 Å². The number of benzene rings is 1. The molecule has 0 unspecified atom stereocenters. The van der Waals surface area contributed by atoms with E-state index in [-0.39, 0.29) is 29.4 Å². The van der Waals surface area contributed by atoms with Crippen LogP contribution in [0.4, 0.5) is 0 Å². The highest BCUT2D eigenvalue weighted by Gasteiger charge is 2.48. The number of aliphatic hydroxyl groups is 1. The van der Waals surface area contributed by atoms with E-state index >= 15 is 0 Å². The summed E-state index contributed by atoms with van der Waals surface area (Å²) in [5, 5.41) is 21.4. The fourth-order valence-corrected chi connectivity index (χ4v) is 6.96. The van der Waals surface area contributed by atoms with Gasteiger partial charge in [-0.15, -0.1) is 0 Å². The molecule has 0 amide bonds. The second-order valence-electron chi connectivity index (χ2n) is 14.4. The molecular formula is C40H59NO5. The number of esters is 1. The normalized spacial score (nSPS) is 23.0. The summed E-state index contributed by atoms with van der Waals surface area (Å²) in [5.74, 6) is 0.925. The Labute approximate surface area is 278 Å². The Morgan fingerprint density at radius 2 is 1.87 bits per heavy atom. The molecule has 254 valence electrons. The number of carbonyl (C=O) groups is 2. The van der Waals surface area contributed by atoms with Crippen LogP contribution in [0.1, 0.15) is 105 Å². The number of hydrogen-bond acceptors (Lipinski definition) is 6. The third-order valence-corrected chi connectivity index (χ3v) is 10.2. The number of phenolic OH excluding ortho intramolecular Hbond substituents is 1. The smallest absolute Gasteiger partial charge is 0.355 e. The lowest BCUT2D eigenvalue weighted by atomic mass is 9.69. The highest BCUT2D eigenvalue weighted by atomic mass is 16.6. The lowest BCUT2D eigenvalue weighted by molar-refractivity contribution is -0.151. The number of Topliss-reactive ketones (excluding diaryl/α,β-unsaturated/α-hetero) is 1. The highest BCUT2D eigenvalue weighted by Crippen LogP contribution is 2.46. The van der Waals surface area contributed by atoms with Gasteiger partial charge >= 0.3 is 5.97 Å². The van der Waals surface area contributed by atoms with E-state index in [1.165, 1.54) is 12.0 Å². The summed E-state index contributed by atoms with van der Waals surface area (Å²) < 4.78 is 6.15. The lowest BCUT2D eigenvalue weighted by Crippen LogP contribution is -2.43. The molecule has 2 aliphatic rings. The van der Waals surface area contributed by atoms with Gasteiger partial charge in [-0.1, -0.05) is 82.2 Å². The summed E-state index contributed by atoms with van der Waals surface area (Å²) in [5.41, 5.74) is 2.88. The topological polar surface area (TPSA) is 87.1 Å². The Morgan fingerprint density at radius 1 is 1.17 bits per heavy atom. The molecule has 1 aliphatic heterocycles. The molecule has 1 fully saturated rings. The Bertz CT molecular complexity index is 1270. The maximum Gasteiger partial charge on any atom is 0.355 e. The average molecular weight is 634 g/mol. The van der Waals surface area contributed by atoms with Gasteiger partial charge in [0.2, 0.25) is 0 Å². The van der Waals surface area contributed by atoms with Crippen LogP contribution >= 0.6 is 0 Å². The summed E-state index contributed by atoms with van der Waals surface area (Å²) in [6.45, 7) is 17.1. The van der Waals surface area contributed by atoms with Gasteiger partial charge in [0.15, 0.2) is 0 Å². The summed E-state index contributed by atoms with van der Waals surface area (Å²) in [7, 11) is 1.86. The van der Waals surface area contributed by atoms with E-state index < -0.39 is 17.7 Å². The van der Waals surface area contributed by atoms with Crippen molar-refractivity contribution in [2.75, 3.05) is 7.05 Å². The van der Waals surface area contributed by atoms with E-state index in [1.54, 1.807) is 12.1 Å². The van der Waals surface area contributed by atoms with Crippen molar-refractivity contribution in [2.45, 2.75) is 123 Å². The number of hydrogen-bond donors (Lipinski definition) is 2. The fourth-order valence-electron chi connectivity index (χ4n) is 6.96. The van der Waals surface area contributed by atoms with Crippen LogP contribution in [0.2, 0.25) is 0 Å². The Hall–Kier alpha value is -3.12. The summed E-state index contributed by atoms with van der Waals surface area (Å²) >= 11 is 0. The number of aliphatic hydroxyl groups excluding tert-OH is 1. The summed E-state index contributed by atoms with van der Waals surface area (Å²) in [6.07, 6.45) is 15.0. The molecule has 1 spiro atoms. The second kappa shape index (κ2) is 17.2. The van der Waals surface area contributed by atoms with Crippen molar-refractivity contribution in [2.24, 2.45) is 23.7 Å². The van der Waals surface area contributed by atoms with Gasteiger partial charge in [0.25, 0.3) is 0 Å². The van der Waals surface area contributed by atoms with Gasteiger partial charge in [-0.2, -0.15) is 0 Å². The Balaban J connectivity index is 1.78. The molecule has 6 heteroatoms. The maximum absolute atomic E-state index is 13.5. The number of likely N-dealkylation sites (N-methyl/N-ethyl adjacent to an activating group) is 1. The fraction of sp³-hybridized carbons (Fsp3) is 0.600. The number of aromatic hydroxyl groups is 1. The number of phenols is 1. The molecule has 1 aromatic carbocycles.